The van der Waals surface area contributed by atoms with E-state index in [0.717, 1.165) is 50.1 Å². The molecule has 1 N–H and O–H groups in total. The first-order chi connectivity index (χ1) is 18.2. The van der Waals surface area contributed by atoms with Crippen molar-refractivity contribution in [3.63, 3.8) is 0 Å². The van der Waals surface area contributed by atoms with Crippen LogP contribution in [0.3, 0.4) is 0 Å². The fraction of sp³-hybridized carbons (Fsp3) is 0.500. The number of carbonyl (C=O) groups is 3. The van der Waals surface area contributed by atoms with Gasteiger partial charge in [0.05, 0.1) is 12.5 Å². The van der Waals surface area contributed by atoms with Crippen molar-refractivity contribution in [2.45, 2.75) is 65.0 Å². The number of carboxylic acids is 1. The summed E-state index contributed by atoms with van der Waals surface area (Å²) in [5.74, 6) is 0.0581. The van der Waals surface area contributed by atoms with Crippen LogP contribution in [0.1, 0.15) is 68.2 Å². The van der Waals surface area contributed by atoms with Crippen molar-refractivity contribution >= 4 is 29.4 Å². The molecule has 0 aromatic heterocycles. The molecule has 0 bridgehead atoms. The zero-order valence-electron chi connectivity index (χ0n) is 22.2. The average Bonchev–Trinajstić information content (AvgIpc) is 3.22. The Labute approximate surface area is 229 Å². The molecule has 204 valence electrons. The number of hydrogen-bond acceptors (Lipinski definition) is 5. The summed E-state index contributed by atoms with van der Waals surface area (Å²) in [5.41, 5.74) is 3.36. The van der Waals surface area contributed by atoms with Crippen LogP contribution in [-0.4, -0.2) is 52.4 Å². The molecule has 4 rings (SSSR count). The van der Waals surface area contributed by atoms with Crippen LogP contribution in [0.5, 0.6) is 5.75 Å². The molecule has 8 heteroatoms. The molecule has 1 atom stereocenters. The SMILES string of the molecule is Cc1cc(CN(CC2CCC(C(=O)O)CC2)[C@H](C)c2ccc(Cl)cc2)ccc1OCCN1C(=O)CCC1=O. The monoisotopic (exact) mass is 540 g/mol. The van der Waals surface area contributed by atoms with E-state index in [4.69, 9.17) is 16.3 Å². The van der Waals surface area contributed by atoms with E-state index in [1.165, 1.54) is 16.0 Å². The lowest BCUT2D eigenvalue weighted by molar-refractivity contribution is -0.143. The van der Waals surface area contributed by atoms with Crippen LogP contribution in [0, 0.1) is 18.8 Å². The second-order valence-electron chi connectivity index (χ2n) is 10.6. The Morgan fingerprint density at radius 1 is 1.08 bits per heavy atom. The van der Waals surface area contributed by atoms with Gasteiger partial charge in [0, 0.05) is 37.0 Å². The smallest absolute Gasteiger partial charge is 0.306 e. The average molecular weight is 541 g/mol. The normalized spacial score (nSPS) is 20.7. The summed E-state index contributed by atoms with van der Waals surface area (Å²) in [6.45, 7) is 6.40. The van der Waals surface area contributed by atoms with Gasteiger partial charge >= 0.3 is 5.97 Å². The lowest BCUT2D eigenvalue weighted by Gasteiger charge is -2.35. The largest absolute Gasteiger partial charge is 0.491 e. The van der Waals surface area contributed by atoms with E-state index >= 15 is 0 Å². The molecule has 2 amide bonds. The number of benzene rings is 2. The maximum absolute atomic E-state index is 11.8. The summed E-state index contributed by atoms with van der Waals surface area (Å²) >= 11 is 6.13. The van der Waals surface area contributed by atoms with Gasteiger partial charge in [0.1, 0.15) is 12.4 Å². The Bertz CT molecular complexity index is 1130. The number of aliphatic carboxylic acids is 1. The third-order valence-electron chi connectivity index (χ3n) is 7.94. The van der Waals surface area contributed by atoms with Crippen LogP contribution in [0.25, 0.3) is 0 Å². The Morgan fingerprint density at radius 3 is 2.34 bits per heavy atom. The fourth-order valence-electron chi connectivity index (χ4n) is 5.56. The van der Waals surface area contributed by atoms with Crippen LogP contribution in [0.4, 0.5) is 0 Å². The van der Waals surface area contributed by atoms with Gasteiger partial charge in [0.25, 0.3) is 0 Å². The number of hydrogen-bond donors (Lipinski definition) is 1. The molecule has 1 saturated carbocycles. The van der Waals surface area contributed by atoms with Gasteiger partial charge in [0.15, 0.2) is 0 Å². The van der Waals surface area contributed by atoms with E-state index in [1.54, 1.807) is 0 Å². The lowest BCUT2D eigenvalue weighted by atomic mass is 9.81. The Morgan fingerprint density at radius 2 is 1.74 bits per heavy atom. The predicted octanol–water partition coefficient (Wildman–Crippen LogP) is 5.63. The first-order valence-corrected chi connectivity index (χ1v) is 13.9. The first kappa shape index (κ1) is 28.1. The molecule has 2 aliphatic rings. The van der Waals surface area contributed by atoms with Crippen molar-refractivity contribution in [2.75, 3.05) is 19.7 Å². The molecule has 1 heterocycles. The topological polar surface area (TPSA) is 87.2 Å². The predicted molar refractivity (Wildman–Crippen MR) is 146 cm³/mol. The second-order valence-corrected chi connectivity index (χ2v) is 11.0. The van der Waals surface area contributed by atoms with Crippen LogP contribution in [0.2, 0.25) is 5.02 Å². The number of rotatable bonds is 11. The summed E-state index contributed by atoms with van der Waals surface area (Å²) in [6.07, 6.45) is 3.91. The Balaban J connectivity index is 1.42. The zero-order valence-corrected chi connectivity index (χ0v) is 23.0. The highest BCUT2D eigenvalue weighted by Gasteiger charge is 2.29. The molecule has 1 saturated heterocycles. The van der Waals surface area contributed by atoms with Crippen molar-refractivity contribution in [2.24, 2.45) is 11.8 Å². The van der Waals surface area contributed by atoms with Gasteiger partial charge < -0.3 is 9.84 Å². The van der Waals surface area contributed by atoms with Gasteiger partial charge in [-0.25, -0.2) is 0 Å². The minimum absolute atomic E-state index is 0.128. The van der Waals surface area contributed by atoms with Gasteiger partial charge in [-0.15, -0.1) is 0 Å². The molecule has 0 radical (unpaired) electrons. The van der Waals surface area contributed by atoms with Crippen molar-refractivity contribution in [1.29, 1.82) is 0 Å². The number of aryl methyl sites for hydroxylation is 1. The molecule has 1 aliphatic heterocycles. The highest BCUT2D eigenvalue weighted by molar-refractivity contribution is 6.30. The number of carbonyl (C=O) groups excluding carboxylic acids is 2. The highest BCUT2D eigenvalue weighted by Crippen LogP contribution is 2.33. The summed E-state index contributed by atoms with van der Waals surface area (Å²) in [5, 5.41) is 10.1. The number of nitrogens with zero attached hydrogens (tertiary/aromatic N) is 2. The zero-order chi connectivity index (χ0) is 27.2. The van der Waals surface area contributed by atoms with E-state index in [-0.39, 0.29) is 36.9 Å². The summed E-state index contributed by atoms with van der Waals surface area (Å²) < 4.78 is 5.91. The van der Waals surface area contributed by atoms with Crippen LogP contribution in [-0.2, 0) is 20.9 Å². The third-order valence-corrected chi connectivity index (χ3v) is 8.19. The van der Waals surface area contributed by atoms with Gasteiger partial charge in [-0.1, -0.05) is 35.9 Å². The summed E-state index contributed by atoms with van der Waals surface area (Å²) in [4.78, 5) is 38.8. The molecule has 2 aromatic carbocycles. The van der Waals surface area contributed by atoms with Crippen molar-refractivity contribution in [3.05, 3.63) is 64.2 Å². The van der Waals surface area contributed by atoms with Gasteiger partial charge in [-0.05, 0) is 80.3 Å². The highest BCUT2D eigenvalue weighted by atomic mass is 35.5. The molecule has 7 nitrogen and oxygen atoms in total. The molecule has 0 unspecified atom stereocenters. The Kier molecular flexibility index (Phi) is 9.44. The second kappa shape index (κ2) is 12.8. The number of imide groups is 1. The molecule has 1 aliphatic carbocycles. The number of likely N-dealkylation sites (tertiary alicyclic amines) is 1. The number of ether oxygens (including phenoxy) is 1. The van der Waals surface area contributed by atoms with E-state index < -0.39 is 5.97 Å². The van der Waals surface area contributed by atoms with Gasteiger partial charge in [0.2, 0.25) is 11.8 Å². The third kappa shape index (κ3) is 7.14. The number of carboxylic acid groups (broad SMARTS) is 1. The molecular formula is C30H37ClN2O5. The Hall–Kier alpha value is -2.90. The molecule has 0 spiro atoms. The maximum Gasteiger partial charge on any atom is 0.306 e. The number of amides is 2. The molecule has 2 fully saturated rings. The minimum atomic E-state index is -0.675. The van der Waals surface area contributed by atoms with Crippen LogP contribution < -0.4 is 4.74 Å². The molecular weight excluding hydrogens is 504 g/mol. The minimum Gasteiger partial charge on any atom is -0.491 e. The standard InChI is InChI=1S/C30H37ClN2O5/c1-20-17-23(5-12-27(20)38-16-15-33-28(34)13-14-29(33)35)19-32(21(2)24-8-10-26(31)11-9-24)18-22-3-6-25(7-4-22)30(36)37/h5,8-12,17,21-22,25H,3-4,6-7,13-16,18-19H2,1-2H3,(H,36,37)/t21-,22?,25?/m1/s1. The van der Waals surface area contributed by atoms with Gasteiger partial charge in [-0.2, -0.15) is 0 Å². The quantitative estimate of drug-likeness (QED) is 0.372. The summed E-state index contributed by atoms with van der Waals surface area (Å²) in [6, 6.07) is 14.3. The van der Waals surface area contributed by atoms with E-state index in [1.807, 2.05) is 25.1 Å². The summed E-state index contributed by atoms with van der Waals surface area (Å²) in [7, 11) is 0. The fourth-order valence-corrected chi connectivity index (χ4v) is 5.69. The van der Waals surface area contributed by atoms with E-state index in [0.29, 0.717) is 23.8 Å². The lowest BCUT2D eigenvalue weighted by Crippen LogP contribution is -2.34. The van der Waals surface area contributed by atoms with Crippen molar-refractivity contribution in [1.82, 2.24) is 9.80 Å². The number of halogens is 1. The maximum atomic E-state index is 11.8. The van der Waals surface area contributed by atoms with Crippen LogP contribution in [0.15, 0.2) is 42.5 Å². The van der Waals surface area contributed by atoms with E-state index in [9.17, 15) is 19.5 Å². The van der Waals surface area contributed by atoms with Crippen LogP contribution >= 0.6 is 11.6 Å². The molecule has 2 aromatic rings. The van der Waals surface area contributed by atoms with Crippen molar-refractivity contribution in [3.8, 4) is 5.75 Å². The van der Waals surface area contributed by atoms with Crippen molar-refractivity contribution < 1.29 is 24.2 Å². The molecule has 38 heavy (non-hydrogen) atoms. The van der Waals surface area contributed by atoms with Gasteiger partial charge in [-0.3, -0.25) is 24.2 Å². The van der Waals surface area contributed by atoms with E-state index in [2.05, 4.69) is 36.1 Å². The first-order valence-electron chi connectivity index (χ1n) is 13.5.